The monoisotopic (exact) mass is 932 g/mol. The van der Waals surface area contributed by atoms with E-state index in [-0.39, 0.29) is 62.4 Å². The van der Waals surface area contributed by atoms with Gasteiger partial charge in [0.15, 0.2) is 0 Å². The summed E-state index contributed by atoms with van der Waals surface area (Å²) in [6.07, 6.45) is 7.25. The van der Waals surface area contributed by atoms with Crippen LogP contribution in [0.15, 0.2) is 29.1 Å². The van der Waals surface area contributed by atoms with E-state index in [9.17, 15) is 34.2 Å². The first-order valence-electron chi connectivity index (χ1n) is 23.8. The molecule has 6 rings (SSSR count). The summed E-state index contributed by atoms with van der Waals surface area (Å²) in [5.74, 6) is -0.936. The van der Waals surface area contributed by atoms with Gasteiger partial charge in [-0.2, -0.15) is 0 Å². The van der Waals surface area contributed by atoms with E-state index in [1.165, 1.54) is 15.5 Å². The third kappa shape index (κ3) is 11.6. The average molecular weight is 932 g/mol. The van der Waals surface area contributed by atoms with Gasteiger partial charge in [-0.25, -0.2) is 14.2 Å². The van der Waals surface area contributed by atoms with Gasteiger partial charge in [0, 0.05) is 49.2 Å². The van der Waals surface area contributed by atoms with Crippen molar-refractivity contribution in [3.05, 3.63) is 73.8 Å². The number of carbonyl (C=O) groups excluding carboxylic acids is 4. The number of nitrogens with one attached hydrogen (secondary N) is 2. The number of nitrogens with zero attached hydrogens (tertiary/aromatic N) is 3. The number of hydrogen-bond donors (Lipinski definition) is 4. The smallest absolute Gasteiger partial charge is 0.410 e. The number of amides is 3. The third-order valence-electron chi connectivity index (χ3n) is 13.7. The van der Waals surface area contributed by atoms with E-state index in [1.54, 1.807) is 46.0 Å². The highest BCUT2D eigenvalue weighted by molar-refractivity contribution is 5.93. The molecule has 3 aromatic rings. The van der Waals surface area contributed by atoms with Crippen LogP contribution >= 0.6 is 0 Å². The molecule has 0 saturated carbocycles. The Morgan fingerprint density at radius 3 is 2.52 bits per heavy atom. The standard InChI is InChI=1S/C51H70FN5O10/c1-10-50(8,63)36-26-40-44-34(28-57(40)45(60)35(36)29-65-30-58)43-39(19-18-33-31(2)37(52)27-38(54-44)42(33)43)56(9)47(62)67-32-16-13-14-21-51(64,22-20-32)46(61)53-24-15-11-12-17-41(59)55-49(6,7)23-25-66-48(3,4)5/h13,16,26-27,30,32,39,63-64H,10-12,14-15,17-25,28-29H2,1-9H3,(H,53,61)(H,55,59)/b16-13+/t32?,39?,50-,51-/m0/s1. The Hall–Kier alpha value is -5.19. The number of allylic oxidation sites excluding steroid dienone is 1. The molecule has 15 nitrogen and oxygen atoms in total. The van der Waals surface area contributed by atoms with Crippen LogP contribution in [-0.4, -0.2) is 92.1 Å². The SMILES string of the molecule is CC[C@](C)(O)c1cc2n(c(=O)c1COC=O)Cc1c-2nc2cc(F)c(C)c3c2c1C(N(C)C(=O)OC1/C=C/CC[C@@](O)(C(=O)NCCCCCC(=O)NC(C)(C)CCOC(C)(C)C)CC1)CC3. The number of rotatable bonds is 18. The second kappa shape index (κ2) is 20.6. The summed E-state index contributed by atoms with van der Waals surface area (Å²) in [6, 6.07) is 2.50. The molecule has 67 heavy (non-hydrogen) atoms. The first-order valence-corrected chi connectivity index (χ1v) is 23.8. The summed E-state index contributed by atoms with van der Waals surface area (Å²) in [4.78, 5) is 72.1. The number of halogens is 1. The zero-order valence-corrected chi connectivity index (χ0v) is 40.7. The number of ether oxygens (including phenoxy) is 3. The van der Waals surface area contributed by atoms with Crippen molar-refractivity contribution in [3.8, 4) is 11.4 Å². The number of carbonyl (C=O) groups is 4. The van der Waals surface area contributed by atoms with E-state index in [1.807, 2.05) is 34.6 Å². The van der Waals surface area contributed by atoms with Gasteiger partial charge in [0.25, 0.3) is 17.9 Å². The van der Waals surface area contributed by atoms with Gasteiger partial charge in [-0.3, -0.25) is 19.2 Å². The van der Waals surface area contributed by atoms with Crippen LogP contribution in [-0.2, 0) is 53.8 Å². The summed E-state index contributed by atoms with van der Waals surface area (Å²) < 4.78 is 34.0. The van der Waals surface area contributed by atoms with Crippen molar-refractivity contribution in [1.29, 1.82) is 0 Å². The zero-order valence-electron chi connectivity index (χ0n) is 40.7. The van der Waals surface area contributed by atoms with Gasteiger partial charge in [0.05, 0.1) is 46.3 Å². The molecule has 2 aliphatic carbocycles. The molecule has 3 heterocycles. The van der Waals surface area contributed by atoms with Crippen LogP contribution in [0.5, 0.6) is 0 Å². The predicted octanol–water partition coefficient (Wildman–Crippen LogP) is 7.23. The molecule has 0 spiro atoms. The Labute approximate surface area is 392 Å². The quantitative estimate of drug-likeness (QED) is 0.0446. The minimum Gasteiger partial charge on any atom is -0.463 e. The van der Waals surface area contributed by atoms with Crippen LogP contribution < -0.4 is 16.2 Å². The third-order valence-corrected chi connectivity index (χ3v) is 13.7. The fourth-order valence-corrected chi connectivity index (χ4v) is 9.54. The lowest BCUT2D eigenvalue weighted by atomic mass is 9.81. The normalized spacial score (nSPS) is 20.4. The molecule has 4 N–H and O–H groups in total. The second-order valence-electron chi connectivity index (χ2n) is 20.4. The van der Waals surface area contributed by atoms with Crippen molar-refractivity contribution >= 4 is 35.3 Å². The van der Waals surface area contributed by atoms with E-state index in [0.29, 0.717) is 97.1 Å². The molecule has 1 aliphatic heterocycles. The number of aliphatic hydroxyl groups is 2. The van der Waals surface area contributed by atoms with Gasteiger partial charge < -0.3 is 44.5 Å². The maximum atomic E-state index is 15.5. The molecule has 3 amide bonds. The minimum atomic E-state index is -1.68. The predicted molar refractivity (Wildman–Crippen MR) is 252 cm³/mol. The lowest BCUT2D eigenvalue weighted by molar-refractivity contribution is -0.142. The van der Waals surface area contributed by atoms with Gasteiger partial charge >= 0.3 is 6.09 Å². The maximum Gasteiger partial charge on any atom is 0.410 e. The van der Waals surface area contributed by atoms with Gasteiger partial charge in [-0.1, -0.05) is 19.4 Å². The Bertz CT molecular complexity index is 2460. The van der Waals surface area contributed by atoms with Crippen molar-refractivity contribution in [2.45, 2.75) is 180 Å². The summed E-state index contributed by atoms with van der Waals surface area (Å²) in [5.41, 5.74) is 0.110. The number of unbranched alkanes of at least 4 members (excludes halogenated alkanes) is 2. The van der Waals surface area contributed by atoms with Crippen LogP contribution in [0.4, 0.5) is 9.18 Å². The lowest BCUT2D eigenvalue weighted by Gasteiger charge is -2.35. The molecule has 366 valence electrons. The summed E-state index contributed by atoms with van der Waals surface area (Å²) in [7, 11) is 1.64. The Balaban J connectivity index is 1.11. The van der Waals surface area contributed by atoms with Gasteiger partial charge in [0.1, 0.15) is 24.1 Å². The van der Waals surface area contributed by atoms with Crippen molar-refractivity contribution in [2.24, 2.45) is 0 Å². The maximum absolute atomic E-state index is 15.5. The van der Waals surface area contributed by atoms with E-state index >= 15 is 4.39 Å². The molecule has 1 aromatic carbocycles. The van der Waals surface area contributed by atoms with Crippen molar-refractivity contribution < 1.29 is 48.0 Å². The summed E-state index contributed by atoms with van der Waals surface area (Å²) in [5, 5.41) is 29.7. The molecule has 0 fully saturated rings. The van der Waals surface area contributed by atoms with Crippen molar-refractivity contribution in [1.82, 2.24) is 25.1 Å². The second-order valence-corrected chi connectivity index (χ2v) is 20.4. The molecule has 16 heteroatoms. The topological polar surface area (TPSA) is 199 Å². The summed E-state index contributed by atoms with van der Waals surface area (Å²) in [6.45, 7) is 15.9. The largest absolute Gasteiger partial charge is 0.463 e. The lowest BCUT2D eigenvalue weighted by Crippen LogP contribution is -2.48. The molecule has 0 radical (unpaired) electrons. The first kappa shape index (κ1) is 51.2. The molecular weight excluding hydrogens is 862 g/mol. The fourth-order valence-electron chi connectivity index (χ4n) is 9.54. The van der Waals surface area contributed by atoms with Crippen molar-refractivity contribution in [3.63, 3.8) is 0 Å². The van der Waals surface area contributed by atoms with Gasteiger partial charge in [-0.15, -0.1) is 0 Å². The Morgan fingerprint density at radius 2 is 1.82 bits per heavy atom. The molecular formula is C51H70FN5O10. The van der Waals surface area contributed by atoms with Crippen LogP contribution in [0.25, 0.3) is 22.3 Å². The van der Waals surface area contributed by atoms with Gasteiger partial charge in [0.2, 0.25) is 5.91 Å². The van der Waals surface area contributed by atoms with Crippen molar-refractivity contribution in [2.75, 3.05) is 20.2 Å². The number of fused-ring (bicyclic) bond motifs is 4. The number of aryl methyl sites for hydroxylation is 1. The van der Waals surface area contributed by atoms with E-state index in [4.69, 9.17) is 19.2 Å². The first-order chi connectivity index (χ1) is 31.5. The summed E-state index contributed by atoms with van der Waals surface area (Å²) >= 11 is 0. The van der Waals surface area contributed by atoms with Crippen LogP contribution in [0, 0.1) is 12.7 Å². The molecule has 3 aliphatic rings. The van der Waals surface area contributed by atoms with E-state index in [2.05, 4.69) is 10.6 Å². The number of hydrogen-bond acceptors (Lipinski definition) is 11. The van der Waals surface area contributed by atoms with Gasteiger partial charge in [-0.05, 0) is 147 Å². The highest BCUT2D eigenvalue weighted by Gasteiger charge is 2.40. The van der Waals surface area contributed by atoms with Crippen LogP contribution in [0.2, 0.25) is 0 Å². The molecule has 0 bridgehead atoms. The highest BCUT2D eigenvalue weighted by Crippen LogP contribution is 2.47. The number of aromatic nitrogens is 2. The Kier molecular flexibility index (Phi) is 15.7. The molecule has 4 atom stereocenters. The molecule has 2 unspecified atom stereocenters. The number of pyridine rings is 2. The highest BCUT2D eigenvalue weighted by atomic mass is 19.1. The average Bonchev–Trinajstić information content (AvgIpc) is 3.63. The minimum absolute atomic E-state index is 0.0303. The number of benzene rings is 1. The molecule has 0 saturated heterocycles. The fraction of sp³-hybridized carbons (Fsp3) is 0.608. The van der Waals surface area contributed by atoms with Crippen LogP contribution in [0.3, 0.4) is 0 Å². The Morgan fingerprint density at radius 1 is 1.07 bits per heavy atom. The molecule has 2 aromatic heterocycles. The zero-order chi connectivity index (χ0) is 49.1. The van der Waals surface area contributed by atoms with Crippen LogP contribution in [0.1, 0.15) is 159 Å². The van der Waals surface area contributed by atoms with E-state index < -0.39 is 52.3 Å². The van der Waals surface area contributed by atoms with E-state index in [0.717, 1.165) is 17.5 Å².